The Bertz CT molecular complexity index is 1250. The molecule has 1 aromatic carbocycles. The molecule has 1 unspecified atom stereocenters. The third-order valence-corrected chi connectivity index (χ3v) is 10.7. The maximum atomic E-state index is 14.1. The van der Waals surface area contributed by atoms with Gasteiger partial charge in [0.15, 0.2) is 0 Å². The summed E-state index contributed by atoms with van der Waals surface area (Å²) in [6.07, 6.45) is 0.147. The fraction of sp³-hybridized carbons (Fsp3) is 0.744. The summed E-state index contributed by atoms with van der Waals surface area (Å²) in [6, 6.07) is 6.67. The number of amides is 4. The van der Waals surface area contributed by atoms with Gasteiger partial charge in [0.25, 0.3) is 0 Å². The quantitative estimate of drug-likeness (QED) is 0.160. The lowest BCUT2D eigenvalue weighted by atomic mass is 9.89. The Labute approximate surface area is 306 Å². The largest absolute Gasteiger partial charge is 0.386 e. The molecule has 1 aromatic rings. The van der Waals surface area contributed by atoms with Crippen molar-refractivity contribution >= 4 is 23.6 Å². The van der Waals surface area contributed by atoms with Crippen molar-refractivity contribution in [1.29, 1.82) is 0 Å². The Kier molecular flexibility index (Phi) is 18.0. The number of carbonyl (C=O) groups excluding carboxylic acids is 4. The van der Waals surface area contributed by atoms with Crippen molar-refractivity contribution in [2.24, 2.45) is 23.7 Å². The maximum Gasteiger partial charge on any atom is 0.245 e. The summed E-state index contributed by atoms with van der Waals surface area (Å²) in [7, 11) is 6.57. The summed E-state index contributed by atoms with van der Waals surface area (Å²) < 4.78 is 11.9. The molecule has 0 aliphatic carbocycles. The molecular formula is C39H67N5O7. The molecule has 4 N–H and O–H groups in total. The first kappa shape index (κ1) is 44.1. The van der Waals surface area contributed by atoms with Gasteiger partial charge in [-0.3, -0.25) is 19.2 Å². The molecule has 51 heavy (non-hydrogen) atoms. The van der Waals surface area contributed by atoms with Crippen LogP contribution in [0, 0.1) is 23.7 Å². The minimum absolute atomic E-state index is 0.0148. The first-order chi connectivity index (χ1) is 24.0. The van der Waals surface area contributed by atoms with E-state index in [2.05, 4.69) is 16.0 Å². The van der Waals surface area contributed by atoms with Crippen LogP contribution in [-0.4, -0.2) is 116 Å². The van der Waals surface area contributed by atoms with Crippen LogP contribution >= 0.6 is 0 Å². The summed E-state index contributed by atoms with van der Waals surface area (Å²) >= 11 is 0. The molecule has 12 heteroatoms. The van der Waals surface area contributed by atoms with E-state index in [9.17, 15) is 24.3 Å². The molecule has 1 heterocycles. The molecule has 0 bridgehead atoms. The Balaban J connectivity index is 2.24. The van der Waals surface area contributed by atoms with Gasteiger partial charge in [-0.2, -0.15) is 0 Å². The highest BCUT2D eigenvalue weighted by molar-refractivity contribution is 5.90. The van der Waals surface area contributed by atoms with Crippen molar-refractivity contribution in [3.05, 3.63) is 35.9 Å². The first-order valence-electron chi connectivity index (χ1n) is 18.7. The summed E-state index contributed by atoms with van der Waals surface area (Å²) in [6.45, 7) is 15.9. The molecule has 0 aromatic heterocycles. The topological polar surface area (TPSA) is 150 Å². The van der Waals surface area contributed by atoms with Gasteiger partial charge in [0.2, 0.25) is 23.6 Å². The molecule has 1 aliphatic rings. The molecule has 0 radical (unpaired) electrons. The number of rotatable bonds is 20. The van der Waals surface area contributed by atoms with Crippen LogP contribution in [0.3, 0.4) is 0 Å². The fourth-order valence-electron chi connectivity index (χ4n) is 7.42. The van der Waals surface area contributed by atoms with Gasteiger partial charge in [-0.05, 0) is 50.1 Å². The van der Waals surface area contributed by atoms with Crippen molar-refractivity contribution in [2.45, 2.75) is 130 Å². The number of hydrogen-bond donors (Lipinski definition) is 4. The van der Waals surface area contributed by atoms with Crippen molar-refractivity contribution in [1.82, 2.24) is 25.8 Å². The smallest absolute Gasteiger partial charge is 0.245 e. The van der Waals surface area contributed by atoms with Crippen LogP contribution in [0.1, 0.15) is 92.7 Å². The monoisotopic (exact) mass is 718 g/mol. The van der Waals surface area contributed by atoms with E-state index in [1.807, 2.05) is 71.9 Å². The number of nitrogens with one attached hydrogen (secondary N) is 3. The van der Waals surface area contributed by atoms with Crippen LogP contribution in [0.2, 0.25) is 0 Å². The molecule has 4 amide bonds. The normalized spacial score (nSPS) is 20.1. The van der Waals surface area contributed by atoms with Crippen LogP contribution in [-0.2, 0) is 28.7 Å². The summed E-state index contributed by atoms with van der Waals surface area (Å²) in [5.41, 5.74) is 0.711. The lowest BCUT2D eigenvalue weighted by molar-refractivity contribution is -0.148. The average molecular weight is 718 g/mol. The third kappa shape index (κ3) is 11.5. The zero-order valence-corrected chi connectivity index (χ0v) is 33.1. The van der Waals surface area contributed by atoms with Gasteiger partial charge in [-0.1, -0.05) is 85.2 Å². The van der Waals surface area contributed by atoms with E-state index >= 15 is 0 Å². The third-order valence-electron chi connectivity index (χ3n) is 10.7. The van der Waals surface area contributed by atoms with E-state index in [-0.39, 0.29) is 53.8 Å². The van der Waals surface area contributed by atoms with Gasteiger partial charge in [-0.15, -0.1) is 0 Å². The fourth-order valence-corrected chi connectivity index (χ4v) is 7.42. The van der Waals surface area contributed by atoms with Gasteiger partial charge < -0.3 is 40.3 Å². The van der Waals surface area contributed by atoms with Crippen molar-refractivity contribution in [2.75, 3.05) is 34.9 Å². The number of benzene rings is 1. The van der Waals surface area contributed by atoms with Crippen LogP contribution in [0.25, 0.3) is 0 Å². The number of carbonyl (C=O) groups is 4. The number of ether oxygens (including phenoxy) is 2. The van der Waals surface area contributed by atoms with Gasteiger partial charge in [0, 0.05) is 27.8 Å². The molecule has 10 atom stereocenters. The molecule has 1 saturated heterocycles. The Morgan fingerprint density at radius 1 is 0.922 bits per heavy atom. The highest BCUT2D eigenvalue weighted by atomic mass is 16.5. The second-order valence-electron chi connectivity index (χ2n) is 15.0. The predicted octanol–water partition coefficient (Wildman–Crippen LogP) is 3.53. The predicted molar refractivity (Wildman–Crippen MR) is 200 cm³/mol. The van der Waals surface area contributed by atoms with E-state index < -0.39 is 48.4 Å². The lowest BCUT2D eigenvalue weighted by Gasteiger charge is -2.41. The van der Waals surface area contributed by atoms with Crippen LogP contribution in [0.5, 0.6) is 0 Å². The number of nitrogens with zero attached hydrogens (tertiary/aromatic N) is 2. The molecule has 1 aliphatic heterocycles. The van der Waals surface area contributed by atoms with Crippen molar-refractivity contribution < 1.29 is 33.8 Å². The van der Waals surface area contributed by atoms with Gasteiger partial charge in [0.05, 0.1) is 54.8 Å². The maximum absolute atomic E-state index is 14.1. The Hall–Kier alpha value is -3.06. The molecule has 12 nitrogen and oxygen atoms in total. The highest BCUT2D eigenvalue weighted by Gasteiger charge is 2.43. The second-order valence-corrected chi connectivity index (χ2v) is 15.0. The number of likely N-dealkylation sites (N-methyl/N-ethyl adjacent to an activating group) is 2. The van der Waals surface area contributed by atoms with Crippen LogP contribution in [0.15, 0.2) is 30.3 Å². The summed E-state index contributed by atoms with van der Waals surface area (Å²) in [5.74, 6) is -1.62. The van der Waals surface area contributed by atoms with Gasteiger partial charge >= 0.3 is 0 Å². The average Bonchev–Trinajstić information content (AvgIpc) is 3.59. The van der Waals surface area contributed by atoms with Crippen LogP contribution < -0.4 is 16.0 Å². The standard InChI is InChI=1S/C39H67N5O7/c1-13-25(6)34(43(10)39(49)33(24(4)5)42-38(48)32(40-9)23(2)3)30(50-11)22-31(45)44-21-17-20-29(44)36(51-12)26(7)37(47)41-27(8)35(46)28-18-15-14-16-19-28/h14-16,18-19,23-27,29-30,32-36,40,46H,13,17,20-22H2,1-12H3,(H,41,47)(H,42,48)/t25-,26+,27+,29-,30+,32-,33?,34-,35+,36+/m0/s1. The number of aliphatic hydroxyl groups is 1. The number of methoxy groups -OCH3 is 2. The lowest BCUT2D eigenvalue weighted by Crippen LogP contribution is -2.59. The van der Waals surface area contributed by atoms with Crippen molar-refractivity contribution in [3.63, 3.8) is 0 Å². The molecule has 1 fully saturated rings. The Morgan fingerprint density at radius 3 is 2.04 bits per heavy atom. The molecule has 2 rings (SSSR count). The van der Waals surface area contributed by atoms with Gasteiger partial charge in [0.1, 0.15) is 6.04 Å². The minimum Gasteiger partial charge on any atom is -0.386 e. The SMILES string of the molecule is CC[C@H](C)[C@@H]([C@@H](CC(=O)N1CCC[C@H]1[C@H](OC)[C@@H](C)C(=O)N[C@H](C)[C@@H](O)c1ccccc1)OC)N(C)C(=O)C(NC(=O)[C@@H](NC)C(C)C)C(C)C. The number of hydrogen-bond acceptors (Lipinski definition) is 8. The zero-order chi connectivity index (χ0) is 38.6. The van der Waals surface area contributed by atoms with E-state index in [4.69, 9.17) is 9.47 Å². The number of aliphatic hydroxyl groups excluding tert-OH is 1. The molecular weight excluding hydrogens is 650 g/mol. The summed E-state index contributed by atoms with van der Waals surface area (Å²) in [4.78, 5) is 58.3. The molecule has 290 valence electrons. The van der Waals surface area contributed by atoms with E-state index in [0.717, 1.165) is 12.8 Å². The second kappa shape index (κ2) is 20.8. The van der Waals surface area contributed by atoms with E-state index in [1.54, 1.807) is 52.0 Å². The van der Waals surface area contributed by atoms with E-state index in [0.29, 0.717) is 18.5 Å². The zero-order valence-electron chi connectivity index (χ0n) is 33.1. The van der Waals surface area contributed by atoms with E-state index in [1.165, 1.54) is 0 Å². The van der Waals surface area contributed by atoms with Crippen molar-refractivity contribution in [3.8, 4) is 0 Å². The number of likely N-dealkylation sites (tertiary alicyclic amines) is 1. The van der Waals surface area contributed by atoms with Gasteiger partial charge in [-0.25, -0.2) is 0 Å². The first-order valence-corrected chi connectivity index (χ1v) is 18.7. The molecule has 0 saturated carbocycles. The van der Waals surface area contributed by atoms with Crippen LogP contribution in [0.4, 0.5) is 0 Å². The Morgan fingerprint density at radius 2 is 1.53 bits per heavy atom. The summed E-state index contributed by atoms with van der Waals surface area (Å²) in [5, 5.41) is 19.8. The highest BCUT2D eigenvalue weighted by Crippen LogP contribution is 2.30. The molecule has 0 spiro atoms. The minimum atomic E-state index is -0.875.